The van der Waals surface area contributed by atoms with Crippen LogP contribution >= 0.6 is 0 Å². The fourth-order valence-electron chi connectivity index (χ4n) is 1.55. The van der Waals surface area contributed by atoms with E-state index in [-0.39, 0.29) is 5.56 Å². The number of benzene rings is 1. The lowest BCUT2D eigenvalue weighted by atomic mass is 10.1. The molecule has 1 atom stereocenters. The molecule has 15 heavy (non-hydrogen) atoms. The normalized spacial score (nSPS) is 24.1. The summed E-state index contributed by atoms with van der Waals surface area (Å²) in [5.41, 5.74) is 1.73. The van der Waals surface area contributed by atoms with Gasteiger partial charge in [-0.2, -0.15) is 4.36 Å². The van der Waals surface area contributed by atoms with Crippen molar-refractivity contribution in [2.75, 3.05) is 12.0 Å². The number of nitrogens with zero attached hydrogens (tertiary/aromatic N) is 1. The van der Waals surface area contributed by atoms with E-state index in [0.717, 1.165) is 5.56 Å². The summed E-state index contributed by atoms with van der Waals surface area (Å²) in [5.74, 6) is -0.437. The van der Waals surface area contributed by atoms with Crippen molar-refractivity contribution in [3.8, 4) is 0 Å². The number of carboxylic acid groups (broad SMARTS) is 1. The highest BCUT2D eigenvalue weighted by Gasteiger charge is 2.15. The van der Waals surface area contributed by atoms with Gasteiger partial charge in [-0.05, 0) is 24.1 Å². The number of aryl methyl sites for hydroxylation is 1. The Hall–Kier alpha value is -1.36. The minimum Gasteiger partial charge on any atom is -0.478 e. The molecule has 0 saturated carbocycles. The molecule has 0 saturated heterocycles. The lowest BCUT2D eigenvalue weighted by Crippen LogP contribution is -2.11. The van der Waals surface area contributed by atoms with E-state index in [1.54, 1.807) is 18.4 Å². The molecule has 1 aromatic carbocycles. The van der Waals surface area contributed by atoms with E-state index >= 15 is 0 Å². The van der Waals surface area contributed by atoms with E-state index in [2.05, 4.69) is 4.36 Å². The summed E-state index contributed by atoms with van der Waals surface area (Å²) in [6.45, 7) is 0. The predicted octanol–water partition coefficient (Wildman–Crippen LogP) is 1.67. The average molecular weight is 225 g/mol. The molecule has 1 N–H and O–H groups in total. The van der Waals surface area contributed by atoms with Crippen LogP contribution in [-0.4, -0.2) is 27.3 Å². The summed E-state index contributed by atoms with van der Waals surface area (Å²) in [6, 6.07) is 4.79. The first-order valence-electron chi connectivity index (χ1n) is 4.54. The summed E-state index contributed by atoms with van der Waals surface area (Å²) in [7, 11) is -2.16. The van der Waals surface area contributed by atoms with Gasteiger partial charge in [-0.3, -0.25) is 0 Å². The van der Waals surface area contributed by atoms with E-state index in [1.165, 1.54) is 6.07 Å². The molecule has 1 aliphatic heterocycles. The molecule has 0 aliphatic carbocycles. The molecule has 80 valence electrons. The Labute approximate surface area is 88.1 Å². The molecule has 1 aliphatic rings. The molecular formula is C10H11NO3S. The van der Waals surface area contributed by atoms with Crippen molar-refractivity contribution in [1.82, 2.24) is 0 Å². The molecule has 0 amide bonds. The van der Waals surface area contributed by atoms with E-state index in [0.29, 0.717) is 17.9 Å². The first-order chi connectivity index (χ1) is 6.98. The van der Waals surface area contributed by atoms with Crippen LogP contribution in [0.2, 0.25) is 0 Å². The minimum atomic E-state index is -2.16. The maximum absolute atomic E-state index is 11.7. The first-order valence-corrected chi connectivity index (χ1v) is 6.63. The molecule has 0 bridgehead atoms. The minimum absolute atomic E-state index is 0.189. The van der Waals surface area contributed by atoms with E-state index < -0.39 is 15.7 Å². The van der Waals surface area contributed by atoms with Gasteiger partial charge in [-0.1, -0.05) is 6.07 Å². The Kier molecular flexibility index (Phi) is 2.26. The number of hydrogen-bond donors (Lipinski definition) is 1. The lowest BCUT2D eigenvalue weighted by Gasteiger charge is -2.14. The molecule has 5 heteroatoms. The smallest absolute Gasteiger partial charge is 0.335 e. The third-order valence-electron chi connectivity index (χ3n) is 2.37. The second-order valence-electron chi connectivity index (χ2n) is 3.65. The quantitative estimate of drug-likeness (QED) is 0.790. The summed E-state index contributed by atoms with van der Waals surface area (Å²) in [6.07, 6.45) is 2.30. The van der Waals surface area contributed by atoms with Crippen molar-refractivity contribution >= 4 is 21.4 Å². The van der Waals surface area contributed by atoms with Crippen LogP contribution in [0.5, 0.6) is 0 Å². The Morgan fingerprint density at radius 2 is 2.27 bits per heavy atom. The SMILES string of the molecule is CS1(=O)=Nc2cc(C(=O)O)ccc2CC1. The molecule has 1 unspecified atom stereocenters. The van der Waals surface area contributed by atoms with Crippen LogP contribution in [0.4, 0.5) is 5.69 Å². The largest absolute Gasteiger partial charge is 0.478 e. The van der Waals surface area contributed by atoms with Gasteiger partial charge in [0, 0.05) is 21.7 Å². The van der Waals surface area contributed by atoms with E-state index in [4.69, 9.17) is 5.11 Å². The van der Waals surface area contributed by atoms with Crippen molar-refractivity contribution in [1.29, 1.82) is 0 Å². The second-order valence-corrected chi connectivity index (χ2v) is 6.16. The molecule has 0 fully saturated rings. The van der Waals surface area contributed by atoms with Gasteiger partial charge in [0.15, 0.2) is 0 Å². The number of carbonyl (C=O) groups is 1. The standard InChI is InChI=1S/C10H11NO3S/c1-15(14)5-4-7-2-3-8(10(12)13)6-9(7)11-15/h2-3,6H,4-5H2,1H3,(H,12,13). The zero-order chi connectivity index (χ0) is 11.1. The maximum atomic E-state index is 11.7. The molecule has 0 spiro atoms. The third kappa shape index (κ3) is 2.02. The molecule has 0 aromatic heterocycles. The Morgan fingerprint density at radius 1 is 1.53 bits per heavy atom. The van der Waals surface area contributed by atoms with Gasteiger partial charge in [0.05, 0.1) is 11.3 Å². The third-order valence-corrected chi connectivity index (χ3v) is 3.92. The van der Waals surface area contributed by atoms with Crippen molar-refractivity contribution in [3.05, 3.63) is 29.3 Å². The monoisotopic (exact) mass is 225 g/mol. The maximum Gasteiger partial charge on any atom is 0.335 e. The first kappa shape index (κ1) is 10.2. The van der Waals surface area contributed by atoms with Gasteiger partial charge in [0.1, 0.15) is 0 Å². The highest BCUT2D eigenvalue weighted by atomic mass is 32.2. The molecule has 2 rings (SSSR count). The fourth-order valence-corrected chi connectivity index (χ4v) is 2.82. The summed E-state index contributed by atoms with van der Waals surface area (Å²) < 4.78 is 15.8. The van der Waals surface area contributed by atoms with Gasteiger partial charge in [-0.15, -0.1) is 0 Å². The highest BCUT2D eigenvalue weighted by Crippen LogP contribution is 2.27. The number of hydrogen-bond acceptors (Lipinski definition) is 3. The summed E-state index contributed by atoms with van der Waals surface area (Å²) in [5, 5.41) is 8.80. The Morgan fingerprint density at radius 3 is 2.93 bits per heavy atom. The average Bonchev–Trinajstić information content (AvgIpc) is 2.15. The summed E-state index contributed by atoms with van der Waals surface area (Å²) >= 11 is 0. The van der Waals surface area contributed by atoms with E-state index in [9.17, 15) is 9.00 Å². The van der Waals surface area contributed by atoms with Gasteiger partial charge < -0.3 is 5.11 Å². The van der Waals surface area contributed by atoms with Crippen LogP contribution in [0.3, 0.4) is 0 Å². The van der Waals surface area contributed by atoms with Gasteiger partial charge in [0.25, 0.3) is 0 Å². The zero-order valence-corrected chi connectivity index (χ0v) is 9.08. The van der Waals surface area contributed by atoms with Crippen molar-refractivity contribution < 1.29 is 14.1 Å². The predicted molar refractivity (Wildman–Crippen MR) is 58.1 cm³/mol. The van der Waals surface area contributed by atoms with Crippen molar-refractivity contribution in [2.24, 2.45) is 4.36 Å². The molecule has 1 aromatic rings. The number of aromatic carboxylic acids is 1. The fraction of sp³-hybridized carbons (Fsp3) is 0.300. The molecule has 1 heterocycles. The molecular weight excluding hydrogens is 214 g/mol. The van der Waals surface area contributed by atoms with Crippen molar-refractivity contribution in [2.45, 2.75) is 6.42 Å². The second kappa shape index (κ2) is 3.34. The molecule has 0 radical (unpaired) electrons. The van der Waals surface area contributed by atoms with Gasteiger partial charge in [0.2, 0.25) is 0 Å². The van der Waals surface area contributed by atoms with Crippen LogP contribution in [0.25, 0.3) is 0 Å². The Balaban J connectivity index is 2.59. The summed E-state index contributed by atoms with van der Waals surface area (Å²) in [4.78, 5) is 10.7. The van der Waals surface area contributed by atoms with Crippen LogP contribution in [0.1, 0.15) is 15.9 Å². The number of carboxylic acids is 1. The number of rotatable bonds is 1. The van der Waals surface area contributed by atoms with Crippen molar-refractivity contribution in [3.63, 3.8) is 0 Å². The topological polar surface area (TPSA) is 66.7 Å². The zero-order valence-electron chi connectivity index (χ0n) is 8.27. The van der Waals surface area contributed by atoms with Gasteiger partial charge >= 0.3 is 5.97 Å². The molecule has 4 nitrogen and oxygen atoms in total. The number of fused-ring (bicyclic) bond motifs is 1. The van der Waals surface area contributed by atoms with Crippen LogP contribution in [0.15, 0.2) is 22.6 Å². The lowest BCUT2D eigenvalue weighted by molar-refractivity contribution is 0.0697. The van der Waals surface area contributed by atoms with Crippen LogP contribution in [0, 0.1) is 0 Å². The van der Waals surface area contributed by atoms with E-state index in [1.807, 2.05) is 0 Å². The van der Waals surface area contributed by atoms with Crippen LogP contribution in [-0.2, 0) is 16.1 Å². The van der Waals surface area contributed by atoms with Crippen LogP contribution < -0.4 is 0 Å². The Bertz CT molecular complexity index is 542. The van der Waals surface area contributed by atoms with Gasteiger partial charge in [-0.25, -0.2) is 9.00 Å². The highest BCUT2D eigenvalue weighted by molar-refractivity contribution is 7.93.